The molecule has 0 amide bonds. The highest BCUT2D eigenvalue weighted by molar-refractivity contribution is 5.64. The van der Waals surface area contributed by atoms with Crippen LogP contribution in [0.15, 0.2) is 36.4 Å². The van der Waals surface area contributed by atoms with Crippen molar-refractivity contribution < 1.29 is 0 Å². The van der Waals surface area contributed by atoms with E-state index in [1.165, 1.54) is 6.42 Å². The number of aromatic nitrogens is 2. The number of hydrogen-bond acceptors (Lipinski definition) is 4. The fraction of sp³-hybridized carbons (Fsp3) is 0.412. The maximum Gasteiger partial charge on any atom is 0.225 e. The van der Waals surface area contributed by atoms with Crippen molar-refractivity contribution in [1.29, 1.82) is 0 Å². The van der Waals surface area contributed by atoms with Crippen LogP contribution in [0.2, 0.25) is 0 Å². The third kappa shape index (κ3) is 4.74. The number of rotatable bonds is 7. The summed E-state index contributed by atoms with van der Waals surface area (Å²) in [5, 5.41) is 6.66. The van der Waals surface area contributed by atoms with E-state index in [0.29, 0.717) is 12.0 Å². The minimum atomic E-state index is 0.305. The first-order valence-electron chi connectivity index (χ1n) is 7.64. The Balaban J connectivity index is 2.28. The van der Waals surface area contributed by atoms with Crippen molar-refractivity contribution in [3.05, 3.63) is 36.4 Å². The molecule has 0 aliphatic heterocycles. The molecule has 112 valence electrons. The predicted octanol–water partition coefficient (Wildman–Crippen LogP) is 4.18. The Hall–Kier alpha value is -2.10. The first-order valence-corrected chi connectivity index (χ1v) is 7.64. The molecule has 0 aliphatic carbocycles. The van der Waals surface area contributed by atoms with E-state index < -0.39 is 0 Å². The summed E-state index contributed by atoms with van der Waals surface area (Å²) in [5.41, 5.74) is 2.04. The summed E-state index contributed by atoms with van der Waals surface area (Å²) in [4.78, 5) is 9.15. The molecule has 1 heterocycles. The number of nitrogens with one attached hydrogen (secondary N) is 2. The van der Waals surface area contributed by atoms with Crippen molar-refractivity contribution in [3.8, 4) is 11.3 Å². The highest BCUT2D eigenvalue weighted by atomic mass is 15.1. The van der Waals surface area contributed by atoms with Crippen molar-refractivity contribution in [3.63, 3.8) is 0 Å². The quantitative estimate of drug-likeness (QED) is 0.749. The molecule has 2 N–H and O–H groups in total. The van der Waals surface area contributed by atoms with Gasteiger partial charge in [-0.25, -0.2) is 4.98 Å². The van der Waals surface area contributed by atoms with Crippen LogP contribution in [-0.2, 0) is 0 Å². The maximum atomic E-state index is 4.61. The Kier molecular flexibility index (Phi) is 5.55. The second-order valence-corrected chi connectivity index (χ2v) is 5.41. The fourth-order valence-corrected chi connectivity index (χ4v) is 2.01. The molecule has 2 aromatic rings. The first-order chi connectivity index (χ1) is 10.2. The van der Waals surface area contributed by atoms with Crippen LogP contribution in [0.1, 0.15) is 33.6 Å². The van der Waals surface area contributed by atoms with Gasteiger partial charge in [-0.3, -0.25) is 0 Å². The number of anilines is 2. The highest BCUT2D eigenvalue weighted by Crippen LogP contribution is 2.21. The van der Waals surface area contributed by atoms with E-state index in [9.17, 15) is 0 Å². The lowest BCUT2D eigenvalue weighted by atomic mass is 10.1. The molecule has 0 unspecified atom stereocenters. The Labute approximate surface area is 127 Å². The summed E-state index contributed by atoms with van der Waals surface area (Å²) in [6, 6.07) is 12.5. The van der Waals surface area contributed by atoms with Gasteiger partial charge in [-0.05, 0) is 20.3 Å². The van der Waals surface area contributed by atoms with Crippen LogP contribution in [-0.4, -0.2) is 22.6 Å². The molecule has 0 saturated carbocycles. The van der Waals surface area contributed by atoms with E-state index in [1.807, 2.05) is 24.3 Å². The summed E-state index contributed by atoms with van der Waals surface area (Å²) >= 11 is 0. The van der Waals surface area contributed by atoms with Crippen molar-refractivity contribution in [2.75, 3.05) is 17.2 Å². The zero-order valence-electron chi connectivity index (χ0n) is 13.1. The summed E-state index contributed by atoms with van der Waals surface area (Å²) in [6.07, 6.45) is 2.30. The number of unbranched alkanes of at least 4 members (excludes halogenated alkanes) is 1. The molecule has 0 fully saturated rings. The fourth-order valence-electron chi connectivity index (χ4n) is 2.01. The molecule has 21 heavy (non-hydrogen) atoms. The van der Waals surface area contributed by atoms with Gasteiger partial charge in [0.15, 0.2) is 0 Å². The molecule has 1 aromatic heterocycles. The van der Waals surface area contributed by atoms with E-state index in [2.05, 4.69) is 53.5 Å². The molecular weight excluding hydrogens is 260 g/mol. The minimum absolute atomic E-state index is 0.305. The normalized spacial score (nSPS) is 10.7. The van der Waals surface area contributed by atoms with Gasteiger partial charge >= 0.3 is 0 Å². The lowest BCUT2D eigenvalue weighted by molar-refractivity contribution is 0.828. The second-order valence-electron chi connectivity index (χ2n) is 5.41. The zero-order valence-corrected chi connectivity index (χ0v) is 13.1. The molecule has 4 nitrogen and oxygen atoms in total. The topological polar surface area (TPSA) is 49.8 Å². The van der Waals surface area contributed by atoms with Gasteiger partial charge in [-0.15, -0.1) is 0 Å². The van der Waals surface area contributed by atoms with E-state index in [-0.39, 0.29) is 0 Å². The Morgan fingerprint density at radius 2 is 1.86 bits per heavy atom. The van der Waals surface area contributed by atoms with Crippen molar-refractivity contribution >= 4 is 11.8 Å². The number of hydrogen-bond donors (Lipinski definition) is 2. The average Bonchev–Trinajstić information content (AvgIpc) is 2.47. The Morgan fingerprint density at radius 3 is 2.52 bits per heavy atom. The lowest BCUT2D eigenvalue weighted by Gasteiger charge is -2.13. The molecule has 0 radical (unpaired) electrons. The number of nitrogens with zero attached hydrogens (tertiary/aromatic N) is 2. The van der Waals surface area contributed by atoms with Gasteiger partial charge in [0, 0.05) is 24.2 Å². The monoisotopic (exact) mass is 284 g/mol. The van der Waals surface area contributed by atoms with Crippen LogP contribution in [0.5, 0.6) is 0 Å². The van der Waals surface area contributed by atoms with E-state index in [1.54, 1.807) is 0 Å². The molecule has 0 atom stereocenters. The third-order valence-electron chi connectivity index (χ3n) is 3.05. The van der Waals surface area contributed by atoms with Gasteiger partial charge in [-0.2, -0.15) is 4.98 Å². The molecule has 4 heteroatoms. The molecule has 1 aromatic carbocycles. The Morgan fingerprint density at radius 1 is 1.10 bits per heavy atom. The van der Waals surface area contributed by atoms with Crippen LogP contribution < -0.4 is 10.6 Å². The van der Waals surface area contributed by atoms with Gasteiger partial charge in [-0.1, -0.05) is 43.7 Å². The predicted molar refractivity (Wildman–Crippen MR) is 89.6 cm³/mol. The van der Waals surface area contributed by atoms with E-state index >= 15 is 0 Å². The molecular formula is C17H24N4. The summed E-state index contributed by atoms with van der Waals surface area (Å²) in [6.45, 7) is 7.29. The molecule has 2 rings (SSSR count). The van der Waals surface area contributed by atoms with Crippen LogP contribution >= 0.6 is 0 Å². The van der Waals surface area contributed by atoms with Crippen molar-refractivity contribution in [2.24, 2.45) is 0 Å². The van der Waals surface area contributed by atoms with Crippen molar-refractivity contribution in [2.45, 2.75) is 39.7 Å². The van der Waals surface area contributed by atoms with Gasteiger partial charge in [0.05, 0.1) is 5.69 Å². The van der Waals surface area contributed by atoms with Gasteiger partial charge < -0.3 is 10.6 Å². The zero-order chi connectivity index (χ0) is 15.1. The van der Waals surface area contributed by atoms with Gasteiger partial charge in [0.1, 0.15) is 5.82 Å². The SMILES string of the molecule is CCCCNc1cc(-c2ccccc2)nc(NC(C)C)n1. The molecule has 0 aliphatic rings. The largest absolute Gasteiger partial charge is 0.370 e. The van der Waals surface area contributed by atoms with Crippen LogP contribution in [0.3, 0.4) is 0 Å². The highest BCUT2D eigenvalue weighted by Gasteiger charge is 2.07. The summed E-state index contributed by atoms with van der Waals surface area (Å²) in [5.74, 6) is 1.55. The number of benzene rings is 1. The summed E-state index contributed by atoms with van der Waals surface area (Å²) in [7, 11) is 0. The lowest BCUT2D eigenvalue weighted by Crippen LogP contribution is -2.14. The van der Waals surface area contributed by atoms with Crippen LogP contribution in [0, 0.1) is 0 Å². The Bertz CT molecular complexity index is 552. The smallest absolute Gasteiger partial charge is 0.225 e. The standard InChI is InChI=1S/C17H24N4/c1-4-5-11-18-16-12-15(14-9-7-6-8-10-14)20-17(21-16)19-13(2)3/h6-10,12-13H,4-5,11H2,1-3H3,(H2,18,19,20,21). The van der Waals surface area contributed by atoms with E-state index in [4.69, 9.17) is 0 Å². The van der Waals surface area contributed by atoms with Crippen molar-refractivity contribution in [1.82, 2.24) is 9.97 Å². The maximum absolute atomic E-state index is 4.61. The van der Waals surface area contributed by atoms with Crippen LogP contribution in [0.4, 0.5) is 11.8 Å². The van der Waals surface area contributed by atoms with E-state index in [0.717, 1.165) is 30.0 Å². The molecule has 0 spiro atoms. The molecule has 0 saturated heterocycles. The first kappa shape index (κ1) is 15.3. The molecule has 0 bridgehead atoms. The van der Waals surface area contributed by atoms with Gasteiger partial charge in [0.2, 0.25) is 5.95 Å². The average molecular weight is 284 g/mol. The second kappa shape index (κ2) is 7.62. The minimum Gasteiger partial charge on any atom is -0.370 e. The summed E-state index contributed by atoms with van der Waals surface area (Å²) < 4.78 is 0. The van der Waals surface area contributed by atoms with Crippen LogP contribution in [0.25, 0.3) is 11.3 Å². The third-order valence-corrected chi connectivity index (χ3v) is 3.05. The van der Waals surface area contributed by atoms with Gasteiger partial charge in [0.25, 0.3) is 0 Å².